The molecule has 1 saturated heterocycles. The Bertz CT molecular complexity index is 137. The molecular formula is C11H22N2. The minimum absolute atomic E-state index is 0.849. The van der Waals surface area contributed by atoms with Gasteiger partial charge in [0, 0.05) is 6.04 Å². The molecule has 1 aliphatic heterocycles. The Kier molecular flexibility index (Phi) is 3.62. The Morgan fingerprint density at radius 1 is 1.08 bits per heavy atom. The van der Waals surface area contributed by atoms with E-state index >= 15 is 0 Å². The molecule has 1 heterocycles. The van der Waals surface area contributed by atoms with Crippen LogP contribution in [0.3, 0.4) is 0 Å². The molecule has 0 spiro atoms. The predicted molar refractivity (Wildman–Crippen MR) is 55.9 cm³/mol. The molecule has 2 aliphatic rings. The smallest absolute Gasteiger partial charge is 0.00670 e. The van der Waals surface area contributed by atoms with Crippen molar-refractivity contribution in [2.24, 2.45) is 5.92 Å². The van der Waals surface area contributed by atoms with Gasteiger partial charge in [-0.15, -0.1) is 0 Å². The Morgan fingerprint density at radius 2 is 1.85 bits per heavy atom. The number of nitrogens with one attached hydrogen (secondary N) is 2. The van der Waals surface area contributed by atoms with Gasteiger partial charge >= 0.3 is 0 Å². The summed E-state index contributed by atoms with van der Waals surface area (Å²) < 4.78 is 0. The van der Waals surface area contributed by atoms with Crippen molar-refractivity contribution < 1.29 is 0 Å². The van der Waals surface area contributed by atoms with Gasteiger partial charge < -0.3 is 10.6 Å². The first-order valence-electron chi connectivity index (χ1n) is 5.89. The van der Waals surface area contributed by atoms with Crippen molar-refractivity contribution in [1.82, 2.24) is 10.6 Å². The van der Waals surface area contributed by atoms with Crippen molar-refractivity contribution in [2.75, 3.05) is 19.6 Å². The van der Waals surface area contributed by atoms with Gasteiger partial charge in [0.25, 0.3) is 0 Å². The fraction of sp³-hybridized carbons (Fsp3) is 1.00. The summed E-state index contributed by atoms with van der Waals surface area (Å²) in [6, 6.07) is 0.849. The standard InChI is InChI=1S/C11H22N2/c1-2-4-11(5-3-1)13-7-6-10-8-12-9-10/h10-13H,1-9H2. The summed E-state index contributed by atoms with van der Waals surface area (Å²) in [6.07, 6.45) is 8.57. The molecule has 0 radical (unpaired) electrons. The largest absolute Gasteiger partial charge is 0.316 e. The van der Waals surface area contributed by atoms with E-state index in [9.17, 15) is 0 Å². The number of hydrogen-bond donors (Lipinski definition) is 2. The van der Waals surface area contributed by atoms with Gasteiger partial charge in [-0.25, -0.2) is 0 Å². The van der Waals surface area contributed by atoms with E-state index in [0.717, 1.165) is 12.0 Å². The number of hydrogen-bond acceptors (Lipinski definition) is 2. The van der Waals surface area contributed by atoms with E-state index in [1.807, 2.05) is 0 Å². The zero-order valence-electron chi connectivity index (χ0n) is 8.52. The normalized spacial score (nSPS) is 25.8. The quantitative estimate of drug-likeness (QED) is 0.689. The van der Waals surface area contributed by atoms with Gasteiger partial charge in [-0.05, 0) is 44.8 Å². The van der Waals surface area contributed by atoms with E-state index in [2.05, 4.69) is 10.6 Å². The molecule has 0 bridgehead atoms. The van der Waals surface area contributed by atoms with E-state index in [0.29, 0.717) is 0 Å². The summed E-state index contributed by atoms with van der Waals surface area (Å²) in [7, 11) is 0. The van der Waals surface area contributed by atoms with Crippen LogP contribution in [-0.2, 0) is 0 Å². The van der Waals surface area contributed by atoms with E-state index in [1.54, 1.807) is 0 Å². The molecule has 2 heteroatoms. The van der Waals surface area contributed by atoms with Gasteiger partial charge in [-0.3, -0.25) is 0 Å². The minimum atomic E-state index is 0.849. The van der Waals surface area contributed by atoms with Crippen molar-refractivity contribution in [2.45, 2.75) is 44.6 Å². The van der Waals surface area contributed by atoms with E-state index in [-0.39, 0.29) is 0 Å². The van der Waals surface area contributed by atoms with Gasteiger partial charge in [0.2, 0.25) is 0 Å². The molecule has 0 amide bonds. The van der Waals surface area contributed by atoms with Crippen molar-refractivity contribution >= 4 is 0 Å². The summed E-state index contributed by atoms with van der Waals surface area (Å²) in [5, 5.41) is 7.01. The molecule has 2 nitrogen and oxygen atoms in total. The Balaban J connectivity index is 1.50. The van der Waals surface area contributed by atoms with Crippen molar-refractivity contribution in [1.29, 1.82) is 0 Å². The molecule has 0 unspecified atom stereocenters. The van der Waals surface area contributed by atoms with Crippen molar-refractivity contribution in [3.8, 4) is 0 Å². The summed E-state index contributed by atoms with van der Waals surface area (Å²) in [6.45, 7) is 3.76. The van der Waals surface area contributed by atoms with E-state index < -0.39 is 0 Å². The molecule has 2 fully saturated rings. The molecule has 1 aliphatic carbocycles. The lowest BCUT2D eigenvalue weighted by atomic mass is 9.94. The predicted octanol–water partition coefficient (Wildman–Crippen LogP) is 1.52. The molecule has 0 atom stereocenters. The van der Waals surface area contributed by atoms with Crippen LogP contribution >= 0.6 is 0 Å². The molecule has 13 heavy (non-hydrogen) atoms. The first kappa shape index (κ1) is 9.47. The third-order valence-electron chi connectivity index (χ3n) is 3.46. The fourth-order valence-corrected chi connectivity index (χ4v) is 2.35. The Hall–Kier alpha value is -0.0800. The second kappa shape index (κ2) is 4.97. The molecule has 0 aromatic rings. The van der Waals surface area contributed by atoms with E-state index in [1.165, 1.54) is 58.2 Å². The van der Waals surface area contributed by atoms with Crippen LogP contribution in [0.25, 0.3) is 0 Å². The average molecular weight is 182 g/mol. The SMILES string of the molecule is C1CCC(NCCC2CNC2)CC1. The Morgan fingerprint density at radius 3 is 2.46 bits per heavy atom. The Labute approximate surface area is 81.5 Å². The highest BCUT2D eigenvalue weighted by Gasteiger charge is 2.17. The van der Waals surface area contributed by atoms with Crippen LogP contribution in [-0.4, -0.2) is 25.7 Å². The first-order valence-corrected chi connectivity index (χ1v) is 5.89. The maximum atomic E-state index is 3.69. The molecule has 2 rings (SSSR count). The molecule has 76 valence electrons. The van der Waals surface area contributed by atoms with Gasteiger partial charge in [0.1, 0.15) is 0 Å². The van der Waals surface area contributed by atoms with Gasteiger partial charge in [0.05, 0.1) is 0 Å². The van der Waals surface area contributed by atoms with Crippen LogP contribution in [0.2, 0.25) is 0 Å². The molecule has 0 aromatic carbocycles. The maximum Gasteiger partial charge on any atom is 0.00670 e. The summed E-state index contributed by atoms with van der Waals surface area (Å²) in [5.41, 5.74) is 0. The third-order valence-corrected chi connectivity index (χ3v) is 3.46. The maximum absolute atomic E-state index is 3.69. The highest BCUT2D eigenvalue weighted by atomic mass is 15.0. The second-order valence-corrected chi connectivity index (χ2v) is 4.60. The van der Waals surface area contributed by atoms with E-state index in [4.69, 9.17) is 0 Å². The summed E-state index contributed by atoms with van der Waals surface area (Å²) >= 11 is 0. The molecule has 2 N–H and O–H groups in total. The van der Waals surface area contributed by atoms with Crippen LogP contribution in [0.1, 0.15) is 38.5 Å². The topological polar surface area (TPSA) is 24.1 Å². The zero-order valence-corrected chi connectivity index (χ0v) is 8.52. The van der Waals surface area contributed by atoms with Crippen LogP contribution in [0, 0.1) is 5.92 Å². The van der Waals surface area contributed by atoms with Gasteiger partial charge in [-0.2, -0.15) is 0 Å². The van der Waals surface area contributed by atoms with Crippen molar-refractivity contribution in [3.05, 3.63) is 0 Å². The second-order valence-electron chi connectivity index (χ2n) is 4.60. The van der Waals surface area contributed by atoms with Crippen molar-refractivity contribution in [3.63, 3.8) is 0 Å². The van der Waals surface area contributed by atoms with Gasteiger partial charge in [-0.1, -0.05) is 19.3 Å². The average Bonchev–Trinajstić information content (AvgIpc) is 2.11. The van der Waals surface area contributed by atoms with Crippen LogP contribution < -0.4 is 10.6 Å². The van der Waals surface area contributed by atoms with Crippen LogP contribution in [0.15, 0.2) is 0 Å². The van der Waals surface area contributed by atoms with Gasteiger partial charge in [0.15, 0.2) is 0 Å². The fourth-order valence-electron chi connectivity index (χ4n) is 2.35. The zero-order chi connectivity index (χ0) is 8.93. The lowest BCUT2D eigenvalue weighted by Crippen LogP contribution is -2.44. The summed E-state index contributed by atoms with van der Waals surface area (Å²) in [5.74, 6) is 0.969. The summed E-state index contributed by atoms with van der Waals surface area (Å²) in [4.78, 5) is 0. The van der Waals surface area contributed by atoms with Crippen LogP contribution in [0.4, 0.5) is 0 Å². The number of rotatable bonds is 4. The minimum Gasteiger partial charge on any atom is -0.316 e. The highest BCUT2D eigenvalue weighted by Crippen LogP contribution is 2.17. The molecular weight excluding hydrogens is 160 g/mol. The molecule has 0 aromatic heterocycles. The highest BCUT2D eigenvalue weighted by molar-refractivity contribution is 4.77. The molecule has 1 saturated carbocycles. The third kappa shape index (κ3) is 2.96. The lowest BCUT2D eigenvalue weighted by Gasteiger charge is -2.29. The van der Waals surface area contributed by atoms with Crippen LogP contribution in [0.5, 0.6) is 0 Å². The monoisotopic (exact) mass is 182 g/mol. The first-order chi connectivity index (χ1) is 6.45. The lowest BCUT2D eigenvalue weighted by molar-refractivity contribution is 0.302.